The van der Waals surface area contributed by atoms with Crippen molar-refractivity contribution in [2.75, 3.05) is 7.11 Å². The number of rotatable bonds is 6. The van der Waals surface area contributed by atoms with Gasteiger partial charge in [0.25, 0.3) is 5.91 Å². The number of pyridine rings is 1. The molecule has 160 valence electrons. The number of nitrogens with zero attached hydrogens (tertiary/aromatic N) is 1. The topological polar surface area (TPSA) is 68.3 Å². The average Bonchev–Trinajstić information content (AvgIpc) is 2.83. The molecular weight excluding hydrogens is 468 g/mol. The number of carbonyl (C=O) groups is 2. The van der Waals surface area contributed by atoms with Crippen molar-refractivity contribution in [2.24, 2.45) is 0 Å². The minimum absolute atomic E-state index is 0.335. The van der Waals surface area contributed by atoms with Gasteiger partial charge in [-0.3, -0.25) is 4.79 Å². The van der Waals surface area contributed by atoms with Crippen LogP contribution >= 0.6 is 15.9 Å². The Morgan fingerprint density at radius 1 is 0.969 bits per heavy atom. The van der Waals surface area contributed by atoms with Crippen molar-refractivity contribution in [3.8, 4) is 11.3 Å². The molecule has 0 spiro atoms. The molecule has 0 bridgehead atoms. The first-order chi connectivity index (χ1) is 15.5. The Balaban J connectivity index is 1.71. The van der Waals surface area contributed by atoms with Crippen molar-refractivity contribution in [3.05, 3.63) is 101 Å². The highest BCUT2D eigenvalue weighted by atomic mass is 79.9. The highest BCUT2D eigenvalue weighted by Gasteiger charge is 2.24. The zero-order valence-corrected chi connectivity index (χ0v) is 19.0. The normalized spacial score (nSPS) is 11.7. The third-order valence-corrected chi connectivity index (χ3v) is 5.70. The van der Waals surface area contributed by atoms with Gasteiger partial charge in [-0.15, -0.1) is 0 Å². The lowest BCUT2D eigenvalue weighted by molar-refractivity contribution is -0.142. The second-order valence-electron chi connectivity index (χ2n) is 7.32. The van der Waals surface area contributed by atoms with Crippen molar-refractivity contribution in [3.63, 3.8) is 0 Å². The van der Waals surface area contributed by atoms with E-state index >= 15 is 0 Å². The van der Waals surface area contributed by atoms with Gasteiger partial charge in [0.1, 0.15) is 6.04 Å². The minimum Gasteiger partial charge on any atom is -0.467 e. The summed E-state index contributed by atoms with van der Waals surface area (Å²) in [4.78, 5) is 30.5. The number of benzene rings is 3. The van der Waals surface area contributed by atoms with E-state index in [1.54, 1.807) is 6.07 Å². The Morgan fingerprint density at radius 3 is 2.38 bits per heavy atom. The summed E-state index contributed by atoms with van der Waals surface area (Å²) >= 11 is 3.44. The summed E-state index contributed by atoms with van der Waals surface area (Å²) in [6.07, 6.45) is 0.335. The van der Waals surface area contributed by atoms with Crippen LogP contribution < -0.4 is 5.32 Å². The van der Waals surface area contributed by atoms with E-state index in [2.05, 4.69) is 21.2 Å². The number of para-hydroxylation sites is 1. The Labute approximate surface area is 194 Å². The Morgan fingerprint density at radius 2 is 1.66 bits per heavy atom. The van der Waals surface area contributed by atoms with Crippen LogP contribution in [0.5, 0.6) is 0 Å². The average molecular weight is 489 g/mol. The summed E-state index contributed by atoms with van der Waals surface area (Å²) < 4.78 is 5.90. The van der Waals surface area contributed by atoms with Gasteiger partial charge in [0, 0.05) is 21.8 Å². The molecule has 0 aliphatic rings. The molecule has 0 saturated carbocycles. The predicted molar refractivity (Wildman–Crippen MR) is 128 cm³/mol. The highest BCUT2D eigenvalue weighted by Crippen LogP contribution is 2.26. The molecule has 0 fully saturated rings. The lowest BCUT2D eigenvalue weighted by atomic mass is 10.0. The lowest BCUT2D eigenvalue weighted by Gasteiger charge is -2.18. The van der Waals surface area contributed by atoms with Crippen LogP contribution in [0.3, 0.4) is 0 Å². The van der Waals surface area contributed by atoms with E-state index in [0.29, 0.717) is 28.6 Å². The Kier molecular flexibility index (Phi) is 6.61. The number of halogens is 1. The first kappa shape index (κ1) is 21.7. The van der Waals surface area contributed by atoms with Gasteiger partial charge in [0.15, 0.2) is 0 Å². The van der Waals surface area contributed by atoms with Gasteiger partial charge in [-0.1, -0.05) is 76.6 Å². The Bertz CT molecular complexity index is 1260. The molecule has 1 N–H and O–H groups in total. The van der Waals surface area contributed by atoms with Crippen molar-refractivity contribution >= 4 is 38.7 Å². The van der Waals surface area contributed by atoms with Gasteiger partial charge >= 0.3 is 5.97 Å². The number of esters is 1. The maximum atomic E-state index is 13.4. The highest BCUT2D eigenvalue weighted by molar-refractivity contribution is 9.10. The second-order valence-corrected chi connectivity index (χ2v) is 8.23. The standard InChI is InChI=1S/C26H21BrN2O3/c1-32-26(31)24(15-17-7-3-2-4-8-17)29-25(30)21-16-23(18-11-13-19(27)14-12-18)28-22-10-6-5-9-20(21)22/h2-14,16,24H,15H2,1H3,(H,29,30)/t24-/m1/s1. The van der Waals surface area contributed by atoms with Crippen LogP contribution in [0.2, 0.25) is 0 Å². The van der Waals surface area contributed by atoms with Crippen LogP contribution in [-0.4, -0.2) is 30.0 Å². The van der Waals surface area contributed by atoms with Crippen LogP contribution in [-0.2, 0) is 16.0 Å². The van der Waals surface area contributed by atoms with Crippen molar-refractivity contribution in [1.29, 1.82) is 0 Å². The van der Waals surface area contributed by atoms with Gasteiger partial charge in [-0.05, 0) is 29.8 Å². The van der Waals surface area contributed by atoms with Crippen LogP contribution in [0.15, 0.2) is 89.4 Å². The van der Waals surface area contributed by atoms with Crippen LogP contribution in [0, 0.1) is 0 Å². The summed E-state index contributed by atoms with van der Waals surface area (Å²) in [5.74, 6) is -0.845. The molecule has 5 nitrogen and oxygen atoms in total. The molecule has 0 aliphatic carbocycles. The molecule has 6 heteroatoms. The fourth-order valence-corrected chi connectivity index (χ4v) is 3.82. The molecule has 0 unspecified atom stereocenters. The first-order valence-electron chi connectivity index (χ1n) is 10.1. The van der Waals surface area contributed by atoms with Gasteiger partial charge in [0.2, 0.25) is 0 Å². The fraction of sp³-hybridized carbons (Fsp3) is 0.115. The summed E-state index contributed by atoms with van der Waals surface area (Å²) in [5, 5.41) is 3.58. The summed E-state index contributed by atoms with van der Waals surface area (Å²) in [6, 6.07) is 25.7. The first-order valence-corrected chi connectivity index (χ1v) is 10.9. The van der Waals surface area contributed by atoms with E-state index in [1.807, 2.05) is 78.9 Å². The number of ether oxygens (including phenoxy) is 1. The molecule has 1 atom stereocenters. The number of nitrogens with one attached hydrogen (secondary N) is 1. The van der Waals surface area contributed by atoms with Gasteiger partial charge in [-0.2, -0.15) is 0 Å². The molecule has 0 saturated heterocycles. The molecule has 3 aromatic carbocycles. The predicted octanol–water partition coefficient (Wildman–Crippen LogP) is 5.18. The number of fused-ring (bicyclic) bond motifs is 1. The minimum atomic E-state index is -0.807. The zero-order valence-electron chi connectivity index (χ0n) is 17.4. The second kappa shape index (κ2) is 9.75. The van der Waals surface area contributed by atoms with Gasteiger partial charge in [-0.25, -0.2) is 9.78 Å². The van der Waals surface area contributed by atoms with Crippen molar-refractivity contribution in [2.45, 2.75) is 12.5 Å². The van der Waals surface area contributed by atoms with E-state index in [0.717, 1.165) is 15.6 Å². The largest absolute Gasteiger partial charge is 0.467 e. The number of amides is 1. The summed E-state index contributed by atoms with van der Waals surface area (Å²) in [5.41, 5.74) is 3.66. The number of hydrogen-bond donors (Lipinski definition) is 1. The summed E-state index contributed by atoms with van der Waals surface area (Å²) in [6.45, 7) is 0. The van der Waals surface area contributed by atoms with Crippen molar-refractivity contribution in [1.82, 2.24) is 10.3 Å². The molecule has 4 aromatic rings. The molecule has 4 rings (SSSR count). The van der Waals surface area contributed by atoms with E-state index in [9.17, 15) is 9.59 Å². The fourth-order valence-electron chi connectivity index (χ4n) is 3.55. The van der Waals surface area contributed by atoms with Gasteiger partial charge < -0.3 is 10.1 Å². The van der Waals surface area contributed by atoms with Crippen LogP contribution in [0.25, 0.3) is 22.2 Å². The third kappa shape index (κ3) is 4.86. The maximum Gasteiger partial charge on any atom is 0.328 e. The zero-order chi connectivity index (χ0) is 22.5. The number of hydrogen-bond acceptors (Lipinski definition) is 4. The SMILES string of the molecule is COC(=O)[C@@H](Cc1ccccc1)NC(=O)c1cc(-c2ccc(Br)cc2)nc2ccccc12. The number of carbonyl (C=O) groups excluding carboxylic acids is 2. The lowest BCUT2D eigenvalue weighted by Crippen LogP contribution is -2.43. The quantitative estimate of drug-likeness (QED) is 0.379. The smallest absolute Gasteiger partial charge is 0.328 e. The Hall–Kier alpha value is -3.51. The third-order valence-electron chi connectivity index (χ3n) is 5.17. The van der Waals surface area contributed by atoms with Crippen molar-refractivity contribution < 1.29 is 14.3 Å². The van der Waals surface area contributed by atoms with E-state index in [-0.39, 0.29) is 5.91 Å². The molecule has 0 radical (unpaired) electrons. The molecule has 1 aromatic heterocycles. The molecule has 32 heavy (non-hydrogen) atoms. The van der Waals surface area contributed by atoms with E-state index < -0.39 is 12.0 Å². The van der Waals surface area contributed by atoms with E-state index in [4.69, 9.17) is 9.72 Å². The molecule has 1 amide bonds. The van der Waals surface area contributed by atoms with E-state index in [1.165, 1.54) is 7.11 Å². The molecule has 1 heterocycles. The number of methoxy groups -OCH3 is 1. The van der Waals surface area contributed by atoms with Gasteiger partial charge in [0.05, 0.1) is 23.9 Å². The van der Waals surface area contributed by atoms with Crippen LogP contribution in [0.4, 0.5) is 0 Å². The van der Waals surface area contributed by atoms with Crippen LogP contribution in [0.1, 0.15) is 15.9 Å². The molecular formula is C26H21BrN2O3. The molecule has 0 aliphatic heterocycles. The number of aromatic nitrogens is 1. The maximum absolute atomic E-state index is 13.4. The summed E-state index contributed by atoms with van der Waals surface area (Å²) in [7, 11) is 1.32. The monoisotopic (exact) mass is 488 g/mol.